The Hall–Kier alpha value is -0.790. The molecule has 124 valence electrons. The zero-order valence-electron chi connectivity index (χ0n) is 11.4. The second kappa shape index (κ2) is 7.19. The van der Waals surface area contributed by atoms with Crippen molar-refractivity contribution in [2.45, 2.75) is 37.1 Å². The Morgan fingerprint density at radius 3 is 2.59 bits per heavy atom. The van der Waals surface area contributed by atoms with E-state index >= 15 is 0 Å². The second-order valence-corrected chi connectivity index (χ2v) is 5.94. The van der Waals surface area contributed by atoms with E-state index in [1.165, 1.54) is 6.20 Å². The molecule has 9 nitrogen and oxygen atoms in total. The maximum atomic E-state index is 11.9. The molecule has 0 spiro atoms. The summed E-state index contributed by atoms with van der Waals surface area (Å²) in [6, 6.07) is 0. The van der Waals surface area contributed by atoms with E-state index < -0.39 is 48.5 Å². The van der Waals surface area contributed by atoms with Gasteiger partial charge in [0.2, 0.25) is 0 Å². The molecule has 1 fully saturated rings. The molecule has 1 aromatic heterocycles. The van der Waals surface area contributed by atoms with Crippen LogP contribution in [-0.2, 0) is 11.2 Å². The van der Waals surface area contributed by atoms with Crippen molar-refractivity contribution in [2.75, 3.05) is 11.0 Å². The number of ether oxygens (including phenoxy) is 1. The summed E-state index contributed by atoms with van der Waals surface area (Å²) in [6.45, 7) is -0.521. The summed E-state index contributed by atoms with van der Waals surface area (Å²) in [5.41, 5.74) is -1.29. The number of aliphatic hydroxyl groups is 4. The molecule has 1 saturated heterocycles. The molecule has 5 atom stereocenters. The van der Waals surface area contributed by atoms with Crippen LogP contribution in [-0.4, -0.2) is 65.4 Å². The van der Waals surface area contributed by atoms with Gasteiger partial charge in [-0.05, 0) is 0 Å². The summed E-state index contributed by atoms with van der Waals surface area (Å²) < 4.78 is 6.61. The molecule has 5 N–H and O–H groups in total. The Morgan fingerprint density at radius 1 is 1.36 bits per heavy atom. The predicted octanol–water partition coefficient (Wildman–Crippen LogP) is -2.51. The lowest BCUT2D eigenvalue weighted by Gasteiger charge is -2.18. The molecular formula is C12H17IN2O7. The highest BCUT2D eigenvalue weighted by Crippen LogP contribution is 2.28. The minimum absolute atomic E-state index is 0.0351. The number of nitrogens with zero attached hydrogens (tertiary/aromatic N) is 1. The Bertz CT molecular complexity index is 631. The van der Waals surface area contributed by atoms with Crippen molar-refractivity contribution in [3.8, 4) is 0 Å². The van der Waals surface area contributed by atoms with Crippen LogP contribution in [0, 0.1) is 0 Å². The lowest BCUT2D eigenvalue weighted by atomic mass is 10.1. The number of aliphatic hydroxyl groups excluding tert-OH is 4. The first-order valence-electron chi connectivity index (χ1n) is 6.59. The molecular weight excluding hydrogens is 411 g/mol. The average molecular weight is 428 g/mol. The van der Waals surface area contributed by atoms with Crippen molar-refractivity contribution in [1.29, 1.82) is 0 Å². The Balaban J connectivity index is 2.37. The second-order valence-electron chi connectivity index (χ2n) is 5.06. The predicted molar refractivity (Wildman–Crippen MR) is 82.9 cm³/mol. The topological polar surface area (TPSA) is 145 Å². The van der Waals surface area contributed by atoms with Crippen LogP contribution in [0.25, 0.3) is 0 Å². The van der Waals surface area contributed by atoms with Crippen LogP contribution < -0.4 is 11.2 Å². The SMILES string of the molecule is O=c1[nH]c(=O)n([C@@H]2O[C@H](CO)C(O)[C@@H]2O)cc1C[C@@H](O)CI. The van der Waals surface area contributed by atoms with E-state index in [2.05, 4.69) is 4.98 Å². The molecule has 1 aliphatic heterocycles. The molecule has 0 radical (unpaired) electrons. The number of hydrogen-bond donors (Lipinski definition) is 5. The van der Waals surface area contributed by atoms with Gasteiger partial charge in [0.1, 0.15) is 18.3 Å². The summed E-state index contributed by atoms with van der Waals surface area (Å²) in [7, 11) is 0. The monoisotopic (exact) mass is 428 g/mol. The van der Waals surface area contributed by atoms with Gasteiger partial charge in [0.15, 0.2) is 6.23 Å². The van der Waals surface area contributed by atoms with Gasteiger partial charge in [0, 0.05) is 22.6 Å². The van der Waals surface area contributed by atoms with Crippen molar-refractivity contribution in [3.05, 3.63) is 32.6 Å². The first-order valence-corrected chi connectivity index (χ1v) is 8.12. The fraction of sp³-hybridized carbons (Fsp3) is 0.667. The summed E-state index contributed by atoms with van der Waals surface area (Å²) >= 11 is 1.96. The average Bonchev–Trinajstić information content (AvgIpc) is 2.77. The van der Waals surface area contributed by atoms with E-state index in [1.807, 2.05) is 22.6 Å². The summed E-state index contributed by atoms with van der Waals surface area (Å²) in [5, 5.41) is 38.4. The molecule has 0 bridgehead atoms. The molecule has 10 heteroatoms. The number of hydrogen-bond acceptors (Lipinski definition) is 7. The number of H-pyrrole nitrogens is 1. The van der Waals surface area contributed by atoms with Crippen LogP contribution in [0.15, 0.2) is 15.8 Å². The molecule has 22 heavy (non-hydrogen) atoms. The summed E-state index contributed by atoms with van der Waals surface area (Å²) in [5.74, 6) is 0. The molecule has 0 aromatic carbocycles. The highest BCUT2D eigenvalue weighted by Gasteiger charge is 2.43. The van der Waals surface area contributed by atoms with E-state index in [-0.39, 0.29) is 12.0 Å². The standard InChI is InChI=1S/C12H17IN2O7/c13-2-6(17)1-5-3-15(12(21)14-10(5)20)11-9(19)8(18)7(4-16)22-11/h3,6-9,11,16-19H,1-2,4H2,(H,14,20,21)/t6-,7-,8?,9+,11-/m1/s1. The van der Waals surface area contributed by atoms with Gasteiger partial charge in [-0.3, -0.25) is 14.3 Å². The Kier molecular flexibility index (Phi) is 5.74. The van der Waals surface area contributed by atoms with E-state index in [1.54, 1.807) is 0 Å². The molecule has 1 aliphatic rings. The van der Waals surface area contributed by atoms with E-state index in [0.717, 1.165) is 4.57 Å². The number of rotatable bonds is 5. The molecule has 1 unspecified atom stereocenters. The third kappa shape index (κ3) is 3.41. The first-order chi connectivity index (χ1) is 10.4. The zero-order chi connectivity index (χ0) is 16.4. The highest BCUT2D eigenvalue weighted by molar-refractivity contribution is 14.1. The van der Waals surface area contributed by atoms with Gasteiger partial charge < -0.3 is 25.2 Å². The molecule has 0 saturated carbocycles. The number of aromatic nitrogens is 2. The van der Waals surface area contributed by atoms with Crippen LogP contribution in [0.3, 0.4) is 0 Å². The minimum atomic E-state index is -1.43. The Labute approximate surface area is 138 Å². The van der Waals surface area contributed by atoms with Gasteiger partial charge in [-0.2, -0.15) is 0 Å². The third-order valence-electron chi connectivity index (χ3n) is 3.47. The summed E-state index contributed by atoms with van der Waals surface area (Å²) in [4.78, 5) is 25.7. The van der Waals surface area contributed by atoms with Crippen LogP contribution >= 0.6 is 22.6 Å². The fourth-order valence-electron chi connectivity index (χ4n) is 2.28. The van der Waals surface area contributed by atoms with E-state index in [4.69, 9.17) is 9.84 Å². The number of nitrogens with one attached hydrogen (secondary N) is 1. The van der Waals surface area contributed by atoms with Gasteiger partial charge in [0.25, 0.3) is 5.56 Å². The molecule has 0 amide bonds. The van der Waals surface area contributed by atoms with E-state index in [0.29, 0.717) is 4.43 Å². The number of alkyl halides is 1. The first kappa shape index (κ1) is 17.6. The fourth-order valence-corrected chi connectivity index (χ4v) is 2.59. The number of aromatic amines is 1. The highest BCUT2D eigenvalue weighted by atomic mass is 127. The van der Waals surface area contributed by atoms with Crippen molar-refractivity contribution in [2.24, 2.45) is 0 Å². The lowest BCUT2D eigenvalue weighted by molar-refractivity contribution is -0.0551. The van der Waals surface area contributed by atoms with Gasteiger partial charge >= 0.3 is 5.69 Å². The van der Waals surface area contributed by atoms with Crippen molar-refractivity contribution in [1.82, 2.24) is 9.55 Å². The molecule has 2 heterocycles. The molecule has 2 rings (SSSR count). The normalized spacial score (nSPS) is 29.7. The van der Waals surface area contributed by atoms with Crippen molar-refractivity contribution in [3.63, 3.8) is 0 Å². The Morgan fingerprint density at radius 2 is 2.05 bits per heavy atom. The largest absolute Gasteiger partial charge is 0.394 e. The molecule has 0 aliphatic carbocycles. The summed E-state index contributed by atoms with van der Waals surface area (Å²) in [6.07, 6.45) is -4.56. The minimum Gasteiger partial charge on any atom is -0.394 e. The van der Waals surface area contributed by atoms with Gasteiger partial charge in [-0.25, -0.2) is 4.79 Å². The maximum Gasteiger partial charge on any atom is 0.330 e. The van der Waals surface area contributed by atoms with Crippen LogP contribution in [0.1, 0.15) is 11.8 Å². The van der Waals surface area contributed by atoms with Crippen LogP contribution in [0.4, 0.5) is 0 Å². The quantitative estimate of drug-likeness (QED) is 0.257. The number of halogens is 1. The maximum absolute atomic E-state index is 11.9. The lowest BCUT2D eigenvalue weighted by Crippen LogP contribution is -2.39. The smallest absolute Gasteiger partial charge is 0.330 e. The van der Waals surface area contributed by atoms with Crippen LogP contribution in [0.5, 0.6) is 0 Å². The third-order valence-corrected chi connectivity index (χ3v) is 4.48. The molecule has 1 aromatic rings. The van der Waals surface area contributed by atoms with Crippen molar-refractivity contribution >= 4 is 22.6 Å². The van der Waals surface area contributed by atoms with Crippen molar-refractivity contribution < 1.29 is 25.2 Å². The van der Waals surface area contributed by atoms with Crippen LogP contribution in [0.2, 0.25) is 0 Å². The van der Waals surface area contributed by atoms with Gasteiger partial charge in [-0.15, -0.1) is 0 Å². The van der Waals surface area contributed by atoms with Gasteiger partial charge in [-0.1, -0.05) is 22.6 Å². The zero-order valence-corrected chi connectivity index (χ0v) is 13.6. The van der Waals surface area contributed by atoms with Gasteiger partial charge in [0.05, 0.1) is 12.7 Å². The van der Waals surface area contributed by atoms with E-state index in [9.17, 15) is 24.9 Å².